The van der Waals surface area contributed by atoms with Gasteiger partial charge in [0, 0.05) is 25.8 Å². The SMILES string of the molecule is CC1(CNC2CCCC(C(C)(C)C)CC2)CCOCC1. The summed E-state index contributed by atoms with van der Waals surface area (Å²) in [4.78, 5) is 0. The maximum absolute atomic E-state index is 5.50. The number of hydrogen-bond donors (Lipinski definition) is 1. The van der Waals surface area contributed by atoms with Crippen molar-refractivity contribution < 1.29 is 4.74 Å². The molecule has 0 radical (unpaired) electrons. The predicted octanol–water partition coefficient (Wildman–Crippen LogP) is 4.39. The van der Waals surface area contributed by atoms with Crippen LogP contribution in [0.3, 0.4) is 0 Å². The van der Waals surface area contributed by atoms with E-state index in [9.17, 15) is 0 Å². The van der Waals surface area contributed by atoms with E-state index in [1.165, 1.54) is 51.5 Å². The quantitative estimate of drug-likeness (QED) is 0.775. The molecule has 0 aromatic rings. The first kappa shape index (κ1) is 16.3. The van der Waals surface area contributed by atoms with Crippen LogP contribution < -0.4 is 5.32 Å². The van der Waals surface area contributed by atoms with E-state index in [-0.39, 0.29) is 0 Å². The summed E-state index contributed by atoms with van der Waals surface area (Å²) < 4.78 is 5.50. The molecule has 0 amide bonds. The van der Waals surface area contributed by atoms with Crippen LogP contribution in [0.5, 0.6) is 0 Å². The number of hydrogen-bond acceptors (Lipinski definition) is 2. The molecule has 2 atom stereocenters. The molecule has 2 heteroatoms. The highest BCUT2D eigenvalue weighted by atomic mass is 16.5. The molecule has 118 valence electrons. The van der Waals surface area contributed by atoms with E-state index in [4.69, 9.17) is 4.74 Å². The van der Waals surface area contributed by atoms with Gasteiger partial charge in [0.25, 0.3) is 0 Å². The van der Waals surface area contributed by atoms with E-state index in [2.05, 4.69) is 33.0 Å². The first-order valence-corrected chi connectivity index (χ1v) is 8.70. The summed E-state index contributed by atoms with van der Waals surface area (Å²) >= 11 is 0. The lowest BCUT2D eigenvalue weighted by Crippen LogP contribution is -2.41. The maximum atomic E-state index is 5.50. The average molecular weight is 281 g/mol. The molecule has 1 heterocycles. The smallest absolute Gasteiger partial charge is 0.0471 e. The average Bonchev–Trinajstić information content (AvgIpc) is 2.62. The van der Waals surface area contributed by atoms with Crippen molar-refractivity contribution >= 4 is 0 Å². The fourth-order valence-corrected chi connectivity index (χ4v) is 3.80. The summed E-state index contributed by atoms with van der Waals surface area (Å²) in [5, 5.41) is 3.89. The second-order valence-corrected chi connectivity index (χ2v) is 8.57. The molecule has 20 heavy (non-hydrogen) atoms. The van der Waals surface area contributed by atoms with Crippen LogP contribution in [0, 0.1) is 16.7 Å². The van der Waals surface area contributed by atoms with Gasteiger partial charge in [0.1, 0.15) is 0 Å². The Morgan fingerprint density at radius 1 is 1.05 bits per heavy atom. The number of nitrogens with one attached hydrogen (secondary N) is 1. The Hall–Kier alpha value is -0.0800. The van der Waals surface area contributed by atoms with Gasteiger partial charge in [-0.15, -0.1) is 0 Å². The van der Waals surface area contributed by atoms with E-state index in [1.807, 2.05) is 0 Å². The molecule has 0 aromatic carbocycles. The first-order chi connectivity index (χ1) is 9.39. The van der Waals surface area contributed by atoms with E-state index < -0.39 is 0 Å². The summed E-state index contributed by atoms with van der Waals surface area (Å²) in [6.45, 7) is 12.7. The predicted molar refractivity (Wildman–Crippen MR) is 86.0 cm³/mol. The highest BCUT2D eigenvalue weighted by Crippen LogP contribution is 2.37. The van der Waals surface area contributed by atoms with Gasteiger partial charge in [-0.1, -0.05) is 34.1 Å². The van der Waals surface area contributed by atoms with Gasteiger partial charge in [-0.25, -0.2) is 0 Å². The molecule has 2 fully saturated rings. The Morgan fingerprint density at radius 3 is 2.40 bits per heavy atom. The zero-order chi connectivity index (χ0) is 14.6. The molecule has 1 aliphatic carbocycles. The monoisotopic (exact) mass is 281 g/mol. The minimum Gasteiger partial charge on any atom is -0.381 e. The van der Waals surface area contributed by atoms with Gasteiger partial charge in [0.15, 0.2) is 0 Å². The van der Waals surface area contributed by atoms with Crippen molar-refractivity contribution in [3.05, 3.63) is 0 Å². The normalized spacial score (nSPS) is 31.8. The lowest BCUT2D eigenvalue weighted by atomic mass is 9.76. The van der Waals surface area contributed by atoms with Crippen molar-refractivity contribution in [3.8, 4) is 0 Å². The summed E-state index contributed by atoms with van der Waals surface area (Å²) in [6, 6.07) is 0.752. The molecular weight excluding hydrogens is 246 g/mol. The largest absolute Gasteiger partial charge is 0.381 e. The van der Waals surface area contributed by atoms with Crippen LogP contribution in [0.1, 0.15) is 72.6 Å². The second-order valence-electron chi connectivity index (χ2n) is 8.57. The molecule has 1 N–H and O–H groups in total. The van der Waals surface area contributed by atoms with Gasteiger partial charge in [0.2, 0.25) is 0 Å². The molecule has 1 saturated carbocycles. The molecule has 2 unspecified atom stereocenters. The van der Waals surface area contributed by atoms with Crippen molar-refractivity contribution in [2.75, 3.05) is 19.8 Å². The summed E-state index contributed by atoms with van der Waals surface area (Å²) in [7, 11) is 0. The third kappa shape index (κ3) is 4.73. The molecule has 2 rings (SSSR count). The first-order valence-electron chi connectivity index (χ1n) is 8.70. The van der Waals surface area contributed by atoms with Gasteiger partial charge in [0.05, 0.1) is 0 Å². The highest BCUT2D eigenvalue weighted by Gasteiger charge is 2.30. The Bertz CT molecular complexity index is 288. The Balaban J connectivity index is 1.76. The fourth-order valence-electron chi connectivity index (χ4n) is 3.80. The number of ether oxygens (including phenoxy) is 1. The molecule has 0 aromatic heterocycles. The van der Waals surface area contributed by atoms with E-state index in [0.717, 1.165) is 25.2 Å². The van der Waals surface area contributed by atoms with Gasteiger partial charge >= 0.3 is 0 Å². The fraction of sp³-hybridized carbons (Fsp3) is 1.00. The summed E-state index contributed by atoms with van der Waals surface area (Å²) in [6.07, 6.45) is 9.41. The molecular formula is C18H35NO. The topological polar surface area (TPSA) is 21.3 Å². The van der Waals surface area contributed by atoms with E-state index in [1.54, 1.807) is 0 Å². The van der Waals surface area contributed by atoms with Crippen molar-refractivity contribution in [3.63, 3.8) is 0 Å². The molecule has 0 bridgehead atoms. The zero-order valence-electron chi connectivity index (χ0n) is 14.1. The Labute approximate surface area is 126 Å². The zero-order valence-corrected chi connectivity index (χ0v) is 14.1. The molecule has 2 nitrogen and oxygen atoms in total. The van der Waals surface area contributed by atoms with Crippen molar-refractivity contribution in [1.29, 1.82) is 0 Å². The number of rotatable bonds is 3. The minimum atomic E-state index is 0.466. The second kappa shape index (κ2) is 6.79. The third-order valence-electron chi connectivity index (χ3n) is 5.71. The maximum Gasteiger partial charge on any atom is 0.0471 e. The Kier molecular flexibility index (Phi) is 5.53. The van der Waals surface area contributed by atoms with E-state index >= 15 is 0 Å². The standard InChI is InChI=1S/C18H35NO/c1-17(2,3)15-6-5-7-16(9-8-15)19-14-18(4)10-12-20-13-11-18/h15-16,19H,5-14H2,1-4H3. The van der Waals surface area contributed by atoms with Crippen molar-refractivity contribution in [1.82, 2.24) is 5.32 Å². The lowest BCUT2D eigenvalue weighted by molar-refractivity contribution is 0.0226. The molecule has 0 spiro atoms. The van der Waals surface area contributed by atoms with Crippen LogP contribution in [0.2, 0.25) is 0 Å². The van der Waals surface area contributed by atoms with Crippen molar-refractivity contribution in [2.45, 2.75) is 78.7 Å². The molecule has 1 saturated heterocycles. The van der Waals surface area contributed by atoms with Crippen LogP contribution in [0.4, 0.5) is 0 Å². The van der Waals surface area contributed by atoms with Gasteiger partial charge in [-0.3, -0.25) is 0 Å². The van der Waals surface area contributed by atoms with Crippen molar-refractivity contribution in [2.24, 2.45) is 16.7 Å². The minimum absolute atomic E-state index is 0.466. The lowest BCUT2D eigenvalue weighted by Gasteiger charge is -2.35. The van der Waals surface area contributed by atoms with Crippen LogP contribution in [-0.2, 0) is 4.74 Å². The van der Waals surface area contributed by atoms with Gasteiger partial charge in [-0.05, 0) is 55.3 Å². The van der Waals surface area contributed by atoms with E-state index in [0.29, 0.717) is 10.8 Å². The van der Waals surface area contributed by atoms with Crippen LogP contribution in [0.25, 0.3) is 0 Å². The van der Waals surface area contributed by atoms with Gasteiger partial charge < -0.3 is 10.1 Å². The molecule has 2 aliphatic rings. The van der Waals surface area contributed by atoms with Gasteiger partial charge in [-0.2, -0.15) is 0 Å². The van der Waals surface area contributed by atoms with Crippen LogP contribution in [-0.4, -0.2) is 25.8 Å². The molecule has 1 aliphatic heterocycles. The Morgan fingerprint density at radius 2 is 1.75 bits per heavy atom. The summed E-state index contributed by atoms with van der Waals surface area (Å²) in [5.41, 5.74) is 0.954. The third-order valence-corrected chi connectivity index (χ3v) is 5.71. The highest BCUT2D eigenvalue weighted by molar-refractivity contribution is 4.84. The summed E-state index contributed by atoms with van der Waals surface area (Å²) in [5.74, 6) is 0.910. The van der Waals surface area contributed by atoms with Crippen LogP contribution >= 0.6 is 0 Å². The van der Waals surface area contributed by atoms with Crippen LogP contribution in [0.15, 0.2) is 0 Å².